The molecule has 2 heterocycles. The highest BCUT2D eigenvalue weighted by molar-refractivity contribution is 6.33. The summed E-state index contributed by atoms with van der Waals surface area (Å²) in [5, 5.41) is 4.15. The Hall–Kier alpha value is -2.89. The van der Waals surface area contributed by atoms with Crippen LogP contribution in [0.1, 0.15) is 25.0 Å². The van der Waals surface area contributed by atoms with Crippen LogP contribution < -0.4 is 5.32 Å². The normalized spacial score (nSPS) is 11.6. The Labute approximate surface area is 184 Å². The van der Waals surface area contributed by atoms with Crippen LogP contribution in [0, 0.1) is 6.92 Å². The molecule has 0 saturated heterocycles. The van der Waals surface area contributed by atoms with Gasteiger partial charge in [0.1, 0.15) is 5.82 Å². The number of benzene rings is 2. The van der Waals surface area contributed by atoms with Gasteiger partial charge in [-0.05, 0) is 68.3 Å². The number of nitrogens with zero attached hydrogens (tertiary/aromatic N) is 2. The monoisotopic (exact) mass is 438 g/mol. The topological polar surface area (TPSA) is 70.7 Å². The van der Waals surface area contributed by atoms with E-state index in [1.807, 2.05) is 45.0 Å². The van der Waals surface area contributed by atoms with Crippen LogP contribution in [0.5, 0.6) is 0 Å². The number of aromatic nitrogens is 3. The quantitative estimate of drug-likeness (QED) is 0.400. The van der Waals surface area contributed by atoms with Crippen LogP contribution in [0.2, 0.25) is 10.0 Å². The molecule has 0 aliphatic rings. The van der Waals surface area contributed by atoms with Crippen LogP contribution in [0.15, 0.2) is 54.7 Å². The van der Waals surface area contributed by atoms with Crippen LogP contribution in [0.25, 0.3) is 22.6 Å². The van der Waals surface area contributed by atoms with Gasteiger partial charge in [-0.25, -0.2) is 9.97 Å². The number of halogens is 2. The fraction of sp³-hybridized carbons (Fsp3) is 0.174. The number of aryl methyl sites for hydroxylation is 1. The van der Waals surface area contributed by atoms with E-state index in [1.54, 1.807) is 30.5 Å². The molecular formula is C23H20Cl2N4O. The summed E-state index contributed by atoms with van der Waals surface area (Å²) in [6.07, 6.45) is 1.77. The van der Waals surface area contributed by atoms with Crippen LogP contribution in [-0.4, -0.2) is 20.9 Å². The maximum atomic E-state index is 13.0. The minimum absolute atomic E-state index is 0.139. The molecule has 0 aliphatic heterocycles. The smallest absolute Gasteiger partial charge is 0.234 e. The van der Waals surface area contributed by atoms with Crippen molar-refractivity contribution in [2.24, 2.45) is 0 Å². The van der Waals surface area contributed by atoms with Crippen molar-refractivity contribution in [2.45, 2.75) is 26.2 Å². The Morgan fingerprint density at radius 3 is 2.53 bits per heavy atom. The fourth-order valence-electron chi connectivity index (χ4n) is 3.20. The first-order chi connectivity index (χ1) is 14.2. The minimum Gasteiger partial charge on any atom is -0.337 e. The second-order valence-corrected chi connectivity index (χ2v) is 8.59. The predicted octanol–water partition coefficient (Wildman–Crippen LogP) is 6.16. The maximum absolute atomic E-state index is 13.0. The molecule has 5 nitrogen and oxygen atoms in total. The molecule has 1 amide bonds. The number of rotatable bonds is 4. The van der Waals surface area contributed by atoms with Crippen molar-refractivity contribution in [2.75, 3.05) is 5.32 Å². The van der Waals surface area contributed by atoms with E-state index in [1.165, 1.54) is 0 Å². The number of nitrogens with one attached hydrogen (secondary N) is 2. The molecule has 0 fully saturated rings. The first-order valence-electron chi connectivity index (χ1n) is 9.44. The summed E-state index contributed by atoms with van der Waals surface area (Å²) in [6.45, 7) is 5.71. The molecule has 0 aliphatic carbocycles. The van der Waals surface area contributed by atoms with Crippen molar-refractivity contribution in [3.05, 3.63) is 75.9 Å². The SMILES string of the molecule is Cc1cnc2nc(-c3cc(NC(=O)C(C)(C)c4ccc(Cl)cc4)ccc3Cl)[nH]c2c1. The second-order valence-electron chi connectivity index (χ2n) is 7.75. The van der Waals surface area contributed by atoms with E-state index in [9.17, 15) is 4.79 Å². The number of carbonyl (C=O) groups is 1. The molecule has 4 rings (SSSR count). The summed E-state index contributed by atoms with van der Waals surface area (Å²) >= 11 is 12.4. The summed E-state index contributed by atoms with van der Waals surface area (Å²) < 4.78 is 0. The molecule has 0 bridgehead atoms. The van der Waals surface area contributed by atoms with Gasteiger partial charge in [-0.2, -0.15) is 0 Å². The highest BCUT2D eigenvalue weighted by atomic mass is 35.5. The lowest BCUT2D eigenvalue weighted by Gasteiger charge is -2.24. The number of carbonyl (C=O) groups excluding carboxylic acids is 1. The number of hydrogen-bond donors (Lipinski definition) is 2. The van der Waals surface area contributed by atoms with Gasteiger partial charge in [0.25, 0.3) is 0 Å². The zero-order valence-electron chi connectivity index (χ0n) is 16.8. The van der Waals surface area contributed by atoms with Gasteiger partial charge in [0.05, 0.1) is 16.0 Å². The van der Waals surface area contributed by atoms with E-state index in [2.05, 4.69) is 20.3 Å². The molecule has 2 aromatic heterocycles. The van der Waals surface area contributed by atoms with Gasteiger partial charge in [-0.1, -0.05) is 35.3 Å². The number of fused-ring (bicyclic) bond motifs is 1. The number of anilines is 1. The summed E-state index contributed by atoms with van der Waals surface area (Å²) in [6, 6.07) is 14.6. The average molecular weight is 439 g/mol. The van der Waals surface area contributed by atoms with E-state index >= 15 is 0 Å². The molecular weight excluding hydrogens is 419 g/mol. The van der Waals surface area contributed by atoms with E-state index in [-0.39, 0.29) is 5.91 Å². The summed E-state index contributed by atoms with van der Waals surface area (Å²) in [7, 11) is 0. The predicted molar refractivity (Wildman–Crippen MR) is 122 cm³/mol. The highest BCUT2D eigenvalue weighted by Crippen LogP contribution is 2.32. The van der Waals surface area contributed by atoms with Crippen molar-refractivity contribution in [1.29, 1.82) is 0 Å². The number of imidazole rings is 1. The molecule has 30 heavy (non-hydrogen) atoms. The molecule has 4 aromatic rings. The third-order valence-corrected chi connectivity index (χ3v) is 5.67. The highest BCUT2D eigenvalue weighted by Gasteiger charge is 2.30. The number of pyridine rings is 1. The van der Waals surface area contributed by atoms with E-state index in [0.717, 1.165) is 16.6 Å². The van der Waals surface area contributed by atoms with Crippen molar-refractivity contribution in [1.82, 2.24) is 15.0 Å². The summed E-state index contributed by atoms with van der Waals surface area (Å²) in [4.78, 5) is 25.1. The van der Waals surface area contributed by atoms with Crippen LogP contribution >= 0.6 is 23.2 Å². The average Bonchev–Trinajstić information content (AvgIpc) is 3.12. The Balaban J connectivity index is 1.64. The lowest BCUT2D eigenvalue weighted by molar-refractivity contribution is -0.120. The van der Waals surface area contributed by atoms with Crippen molar-refractivity contribution in [3.63, 3.8) is 0 Å². The Morgan fingerprint density at radius 2 is 1.80 bits per heavy atom. The molecule has 152 valence electrons. The van der Waals surface area contributed by atoms with Gasteiger partial charge in [0, 0.05) is 22.5 Å². The summed E-state index contributed by atoms with van der Waals surface area (Å²) in [5.74, 6) is 0.459. The Bertz CT molecular complexity index is 1250. The molecule has 0 saturated carbocycles. The van der Waals surface area contributed by atoms with Gasteiger partial charge < -0.3 is 10.3 Å². The van der Waals surface area contributed by atoms with Crippen molar-refractivity contribution in [3.8, 4) is 11.4 Å². The van der Waals surface area contributed by atoms with Gasteiger partial charge in [0.2, 0.25) is 5.91 Å². The first-order valence-corrected chi connectivity index (χ1v) is 10.2. The Morgan fingerprint density at radius 1 is 1.07 bits per heavy atom. The molecule has 2 aromatic carbocycles. The zero-order chi connectivity index (χ0) is 21.5. The second kappa shape index (κ2) is 7.74. The Kier molecular flexibility index (Phi) is 5.26. The van der Waals surface area contributed by atoms with Gasteiger partial charge in [-0.3, -0.25) is 4.79 Å². The van der Waals surface area contributed by atoms with Crippen LogP contribution in [0.4, 0.5) is 5.69 Å². The molecule has 7 heteroatoms. The van der Waals surface area contributed by atoms with Crippen LogP contribution in [-0.2, 0) is 10.2 Å². The largest absolute Gasteiger partial charge is 0.337 e. The van der Waals surface area contributed by atoms with Gasteiger partial charge in [-0.15, -0.1) is 0 Å². The lowest BCUT2D eigenvalue weighted by atomic mass is 9.83. The fourth-order valence-corrected chi connectivity index (χ4v) is 3.53. The van der Waals surface area contributed by atoms with Crippen LogP contribution in [0.3, 0.4) is 0 Å². The molecule has 0 unspecified atom stereocenters. The van der Waals surface area contributed by atoms with Gasteiger partial charge >= 0.3 is 0 Å². The van der Waals surface area contributed by atoms with Gasteiger partial charge in [0.15, 0.2) is 5.65 Å². The molecule has 2 N–H and O–H groups in total. The number of hydrogen-bond acceptors (Lipinski definition) is 3. The van der Waals surface area contributed by atoms with E-state index in [0.29, 0.717) is 32.8 Å². The minimum atomic E-state index is -0.745. The third kappa shape index (κ3) is 3.91. The summed E-state index contributed by atoms with van der Waals surface area (Å²) in [5.41, 5.74) is 3.93. The third-order valence-electron chi connectivity index (χ3n) is 5.09. The molecule has 0 spiro atoms. The van der Waals surface area contributed by atoms with Crippen molar-refractivity contribution >= 4 is 46.0 Å². The standard InChI is InChI=1S/C23H20Cl2N4O/c1-13-10-19-21(26-12-13)29-20(28-19)17-11-16(8-9-18(17)25)27-22(30)23(2,3)14-4-6-15(24)7-5-14/h4-12H,1-3H3,(H,27,30)(H,26,28,29). The lowest BCUT2D eigenvalue weighted by Crippen LogP contribution is -2.34. The molecule has 0 radical (unpaired) electrons. The van der Waals surface area contributed by atoms with Crippen molar-refractivity contribution < 1.29 is 4.79 Å². The maximum Gasteiger partial charge on any atom is 0.234 e. The number of H-pyrrole nitrogens is 1. The first kappa shape index (κ1) is 20.4. The number of amides is 1. The van der Waals surface area contributed by atoms with E-state index in [4.69, 9.17) is 23.2 Å². The number of aromatic amines is 1. The molecule has 0 atom stereocenters. The van der Waals surface area contributed by atoms with E-state index < -0.39 is 5.41 Å². The zero-order valence-corrected chi connectivity index (χ0v) is 18.3.